The minimum Gasteiger partial charge on any atom is -0.396 e. The number of aliphatic hydroxyl groups excluding tert-OH is 1. The van der Waals surface area contributed by atoms with Crippen LogP contribution in [0, 0.1) is 5.92 Å². The van der Waals surface area contributed by atoms with Crippen molar-refractivity contribution >= 4 is 0 Å². The molecule has 0 aromatic rings. The molecule has 0 radical (unpaired) electrons. The summed E-state index contributed by atoms with van der Waals surface area (Å²) in [5.74, 6) is 0.934. The summed E-state index contributed by atoms with van der Waals surface area (Å²) in [6.07, 6.45) is 19.1. The number of hydrogen-bond acceptors (Lipinski definition) is 1. The van der Waals surface area contributed by atoms with Gasteiger partial charge in [0.1, 0.15) is 0 Å². The van der Waals surface area contributed by atoms with Crippen LogP contribution in [0.1, 0.15) is 104 Å². The molecule has 116 valence electrons. The molecule has 0 rings (SSSR count). The molecule has 0 spiro atoms. The van der Waals surface area contributed by atoms with Crippen LogP contribution in [0.2, 0.25) is 0 Å². The Balaban J connectivity index is 3.10. The predicted molar refractivity (Wildman–Crippen MR) is 86.6 cm³/mol. The van der Waals surface area contributed by atoms with Gasteiger partial charge in [0.25, 0.3) is 0 Å². The van der Waals surface area contributed by atoms with Crippen molar-refractivity contribution in [1.82, 2.24) is 0 Å². The van der Waals surface area contributed by atoms with E-state index in [9.17, 15) is 0 Å². The van der Waals surface area contributed by atoms with E-state index in [0.29, 0.717) is 6.61 Å². The fourth-order valence-electron chi connectivity index (χ4n) is 2.73. The molecular formula is C18H38O. The highest BCUT2D eigenvalue weighted by Crippen LogP contribution is 2.18. The lowest BCUT2D eigenvalue weighted by Crippen LogP contribution is -1.95. The standard InChI is InChI=1S/C18H38O/c1-3-4-5-6-9-12-15-18(2)16-13-10-7-8-11-14-17-19/h18-19H,3-17H2,1-2H3. The molecule has 0 saturated carbocycles. The van der Waals surface area contributed by atoms with Crippen molar-refractivity contribution in [3.63, 3.8) is 0 Å². The molecule has 1 nitrogen and oxygen atoms in total. The van der Waals surface area contributed by atoms with Gasteiger partial charge >= 0.3 is 0 Å². The minimum atomic E-state index is 0.370. The summed E-state index contributed by atoms with van der Waals surface area (Å²) >= 11 is 0. The maximum atomic E-state index is 8.69. The molecular weight excluding hydrogens is 232 g/mol. The molecule has 1 unspecified atom stereocenters. The molecule has 0 aliphatic rings. The van der Waals surface area contributed by atoms with Gasteiger partial charge in [0.15, 0.2) is 0 Å². The molecule has 0 aromatic carbocycles. The molecule has 0 aromatic heterocycles. The fraction of sp³-hybridized carbons (Fsp3) is 1.00. The van der Waals surface area contributed by atoms with Gasteiger partial charge in [-0.15, -0.1) is 0 Å². The Labute approximate surface area is 122 Å². The summed E-state index contributed by atoms with van der Waals surface area (Å²) in [6.45, 7) is 5.08. The second-order valence-corrected chi connectivity index (χ2v) is 6.30. The van der Waals surface area contributed by atoms with Crippen LogP contribution in [-0.2, 0) is 0 Å². The van der Waals surface area contributed by atoms with E-state index in [0.717, 1.165) is 12.3 Å². The van der Waals surface area contributed by atoms with Crippen molar-refractivity contribution in [2.75, 3.05) is 6.61 Å². The Hall–Kier alpha value is -0.0400. The van der Waals surface area contributed by atoms with Crippen LogP contribution in [0.4, 0.5) is 0 Å². The van der Waals surface area contributed by atoms with Gasteiger partial charge in [0, 0.05) is 6.61 Å². The summed E-state index contributed by atoms with van der Waals surface area (Å²) in [6, 6.07) is 0. The summed E-state index contributed by atoms with van der Waals surface area (Å²) in [5.41, 5.74) is 0. The van der Waals surface area contributed by atoms with E-state index < -0.39 is 0 Å². The van der Waals surface area contributed by atoms with E-state index in [1.807, 2.05) is 0 Å². The first-order valence-electron chi connectivity index (χ1n) is 8.92. The molecule has 1 N–H and O–H groups in total. The van der Waals surface area contributed by atoms with E-state index in [2.05, 4.69) is 13.8 Å². The highest BCUT2D eigenvalue weighted by atomic mass is 16.2. The molecule has 0 amide bonds. The highest BCUT2D eigenvalue weighted by Gasteiger charge is 2.02. The summed E-state index contributed by atoms with van der Waals surface area (Å²) in [7, 11) is 0. The topological polar surface area (TPSA) is 20.2 Å². The molecule has 0 saturated heterocycles. The van der Waals surface area contributed by atoms with E-state index in [1.54, 1.807) is 0 Å². The molecule has 1 atom stereocenters. The van der Waals surface area contributed by atoms with Gasteiger partial charge in [0.05, 0.1) is 0 Å². The molecule has 0 bridgehead atoms. The lowest BCUT2D eigenvalue weighted by Gasteiger charge is -2.11. The van der Waals surface area contributed by atoms with Crippen molar-refractivity contribution in [3.8, 4) is 0 Å². The first-order chi connectivity index (χ1) is 9.31. The first-order valence-corrected chi connectivity index (χ1v) is 8.92. The van der Waals surface area contributed by atoms with Crippen LogP contribution in [0.25, 0.3) is 0 Å². The quantitative estimate of drug-likeness (QED) is 0.357. The van der Waals surface area contributed by atoms with Crippen LogP contribution in [0.5, 0.6) is 0 Å². The first kappa shape index (κ1) is 19.0. The Bertz CT molecular complexity index is 156. The van der Waals surface area contributed by atoms with Gasteiger partial charge in [-0.1, -0.05) is 97.3 Å². The van der Waals surface area contributed by atoms with Gasteiger partial charge in [-0.2, -0.15) is 0 Å². The molecule has 0 fully saturated rings. The maximum absolute atomic E-state index is 8.69. The van der Waals surface area contributed by atoms with Crippen LogP contribution >= 0.6 is 0 Å². The van der Waals surface area contributed by atoms with Crippen molar-refractivity contribution in [2.45, 2.75) is 104 Å². The molecule has 0 aliphatic heterocycles. The number of aliphatic hydroxyl groups is 1. The largest absolute Gasteiger partial charge is 0.396 e. The zero-order valence-corrected chi connectivity index (χ0v) is 13.6. The van der Waals surface area contributed by atoms with Crippen molar-refractivity contribution in [1.29, 1.82) is 0 Å². The van der Waals surface area contributed by atoms with Crippen LogP contribution < -0.4 is 0 Å². The predicted octanol–water partition coefficient (Wildman–Crippen LogP) is 6.10. The lowest BCUT2D eigenvalue weighted by atomic mass is 9.96. The average molecular weight is 271 g/mol. The fourth-order valence-corrected chi connectivity index (χ4v) is 2.73. The molecule has 19 heavy (non-hydrogen) atoms. The van der Waals surface area contributed by atoms with Gasteiger partial charge < -0.3 is 5.11 Å². The van der Waals surface area contributed by atoms with E-state index in [-0.39, 0.29) is 0 Å². The molecule has 0 aliphatic carbocycles. The highest BCUT2D eigenvalue weighted by molar-refractivity contribution is 4.55. The summed E-state index contributed by atoms with van der Waals surface area (Å²) in [4.78, 5) is 0. The number of rotatable bonds is 15. The van der Waals surface area contributed by atoms with Crippen molar-refractivity contribution in [2.24, 2.45) is 5.92 Å². The van der Waals surface area contributed by atoms with E-state index in [4.69, 9.17) is 5.11 Å². The summed E-state index contributed by atoms with van der Waals surface area (Å²) in [5, 5.41) is 8.69. The summed E-state index contributed by atoms with van der Waals surface area (Å²) < 4.78 is 0. The SMILES string of the molecule is CCCCCCCCC(C)CCCCCCCCO. The van der Waals surface area contributed by atoms with Gasteiger partial charge in [0.2, 0.25) is 0 Å². The number of hydrogen-bond donors (Lipinski definition) is 1. The Morgan fingerprint density at radius 3 is 1.53 bits per heavy atom. The van der Waals surface area contributed by atoms with Crippen molar-refractivity contribution < 1.29 is 5.11 Å². The van der Waals surface area contributed by atoms with Crippen LogP contribution in [-0.4, -0.2) is 11.7 Å². The van der Waals surface area contributed by atoms with Gasteiger partial charge in [-0.05, 0) is 12.3 Å². The lowest BCUT2D eigenvalue weighted by molar-refractivity contribution is 0.282. The molecule has 1 heteroatoms. The van der Waals surface area contributed by atoms with Gasteiger partial charge in [-0.3, -0.25) is 0 Å². The average Bonchev–Trinajstić information content (AvgIpc) is 2.41. The second kappa shape index (κ2) is 16.0. The maximum Gasteiger partial charge on any atom is 0.0431 e. The second-order valence-electron chi connectivity index (χ2n) is 6.30. The smallest absolute Gasteiger partial charge is 0.0431 e. The van der Waals surface area contributed by atoms with Crippen molar-refractivity contribution in [3.05, 3.63) is 0 Å². The van der Waals surface area contributed by atoms with Crippen LogP contribution in [0.15, 0.2) is 0 Å². The third-order valence-corrected chi connectivity index (χ3v) is 4.16. The Morgan fingerprint density at radius 1 is 0.632 bits per heavy atom. The zero-order valence-electron chi connectivity index (χ0n) is 13.6. The van der Waals surface area contributed by atoms with Gasteiger partial charge in [-0.25, -0.2) is 0 Å². The van der Waals surface area contributed by atoms with Crippen LogP contribution in [0.3, 0.4) is 0 Å². The zero-order chi connectivity index (χ0) is 14.2. The monoisotopic (exact) mass is 270 g/mol. The minimum absolute atomic E-state index is 0.370. The Morgan fingerprint density at radius 2 is 1.05 bits per heavy atom. The number of unbranched alkanes of at least 4 members (excludes halogenated alkanes) is 10. The molecule has 0 heterocycles. The third-order valence-electron chi connectivity index (χ3n) is 4.16. The third kappa shape index (κ3) is 15.9. The normalized spacial score (nSPS) is 12.8. The van der Waals surface area contributed by atoms with E-state index >= 15 is 0 Å². The van der Waals surface area contributed by atoms with E-state index in [1.165, 1.54) is 83.5 Å². The Kier molecular flexibility index (Phi) is 16.0.